The highest BCUT2D eigenvalue weighted by Crippen LogP contribution is 2.33. The Kier molecular flexibility index (Phi) is 5.32. The van der Waals surface area contributed by atoms with Gasteiger partial charge in [0.25, 0.3) is 0 Å². The summed E-state index contributed by atoms with van der Waals surface area (Å²) < 4.78 is 44.5. The van der Waals surface area contributed by atoms with Gasteiger partial charge in [0.2, 0.25) is 5.91 Å². The van der Waals surface area contributed by atoms with Gasteiger partial charge in [-0.25, -0.2) is 0 Å². The van der Waals surface area contributed by atoms with Crippen LogP contribution in [0.2, 0.25) is 0 Å². The highest BCUT2D eigenvalue weighted by atomic mass is 19.4. The summed E-state index contributed by atoms with van der Waals surface area (Å²) in [5.41, 5.74) is 1.90. The van der Waals surface area contributed by atoms with Crippen LogP contribution in [0.15, 0.2) is 42.5 Å². The molecule has 3 rings (SSSR count). The van der Waals surface area contributed by atoms with Crippen molar-refractivity contribution in [2.75, 3.05) is 6.61 Å². The molecule has 6 heteroatoms. The van der Waals surface area contributed by atoms with E-state index < -0.39 is 17.8 Å². The molecule has 1 aliphatic rings. The Hall–Kier alpha value is -2.34. The Morgan fingerprint density at radius 3 is 2.69 bits per heavy atom. The van der Waals surface area contributed by atoms with E-state index in [1.165, 1.54) is 0 Å². The fourth-order valence-corrected chi connectivity index (χ4v) is 3.06. The Balaban J connectivity index is 1.77. The topological polar surface area (TPSA) is 38.3 Å². The van der Waals surface area contributed by atoms with Crippen molar-refractivity contribution in [1.82, 2.24) is 5.32 Å². The summed E-state index contributed by atoms with van der Waals surface area (Å²) in [4.78, 5) is 12.0. The quantitative estimate of drug-likeness (QED) is 0.870. The Morgan fingerprint density at radius 2 is 2.00 bits per heavy atom. The van der Waals surface area contributed by atoms with Crippen LogP contribution >= 0.6 is 0 Å². The van der Waals surface area contributed by atoms with Crippen LogP contribution in [0.5, 0.6) is 0 Å². The van der Waals surface area contributed by atoms with Crippen molar-refractivity contribution >= 4 is 5.91 Å². The molecule has 0 spiro atoms. The SMILES string of the molecule is Cc1cc(-c2cccc(CNC(=O)C3CCCO3)c2)cc(C(F)(F)F)c1. The summed E-state index contributed by atoms with van der Waals surface area (Å²) in [6.07, 6.45) is -3.19. The third kappa shape index (κ3) is 4.43. The van der Waals surface area contributed by atoms with Crippen molar-refractivity contribution in [2.45, 2.75) is 38.6 Å². The van der Waals surface area contributed by atoms with Crippen LogP contribution < -0.4 is 5.32 Å². The first-order valence-electron chi connectivity index (χ1n) is 8.50. The van der Waals surface area contributed by atoms with Gasteiger partial charge < -0.3 is 10.1 Å². The van der Waals surface area contributed by atoms with Crippen molar-refractivity contribution in [2.24, 2.45) is 0 Å². The number of benzene rings is 2. The molecular weight excluding hydrogens is 343 g/mol. The zero-order valence-electron chi connectivity index (χ0n) is 14.4. The summed E-state index contributed by atoms with van der Waals surface area (Å²) in [5.74, 6) is -0.150. The summed E-state index contributed by atoms with van der Waals surface area (Å²) >= 11 is 0. The third-order valence-electron chi connectivity index (χ3n) is 4.35. The second-order valence-corrected chi connectivity index (χ2v) is 6.51. The third-order valence-corrected chi connectivity index (χ3v) is 4.35. The molecule has 3 nitrogen and oxygen atoms in total. The number of carbonyl (C=O) groups excluding carboxylic acids is 1. The lowest BCUT2D eigenvalue weighted by Crippen LogP contribution is -2.33. The zero-order chi connectivity index (χ0) is 18.7. The van der Waals surface area contributed by atoms with E-state index in [0.717, 1.165) is 30.5 Å². The van der Waals surface area contributed by atoms with Crippen LogP contribution in [0.25, 0.3) is 11.1 Å². The van der Waals surface area contributed by atoms with Gasteiger partial charge in [-0.2, -0.15) is 13.2 Å². The molecular formula is C20H20F3NO2. The standard InChI is InChI=1S/C20H20F3NO2/c1-13-8-16(11-17(9-13)20(21,22)23)15-5-2-4-14(10-15)12-24-19(25)18-6-3-7-26-18/h2,4-5,8-11,18H,3,6-7,12H2,1H3,(H,24,25). The van der Waals surface area contributed by atoms with Crippen molar-refractivity contribution in [3.63, 3.8) is 0 Å². The van der Waals surface area contributed by atoms with Gasteiger partial charge >= 0.3 is 6.18 Å². The highest BCUT2D eigenvalue weighted by Gasteiger charge is 2.31. The number of nitrogens with one attached hydrogen (secondary N) is 1. The van der Waals surface area contributed by atoms with Gasteiger partial charge in [-0.05, 0) is 60.2 Å². The maximum atomic E-state index is 13.0. The molecule has 1 aliphatic heterocycles. The minimum atomic E-state index is -4.38. The smallest absolute Gasteiger partial charge is 0.368 e. The number of rotatable bonds is 4. The molecule has 138 valence electrons. The molecule has 0 saturated carbocycles. The lowest BCUT2D eigenvalue weighted by Gasteiger charge is -2.13. The number of ether oxygens (including phenoxy) is 1. The van der Waals surface area contributed by atoms with E-state index in [2.05, 4.69) is 5.32 Å². The molecule has 1 amide bonds. The number of hydrogen-bond acceptors (Lipinski definition) is 2. The van der Waals surface area contributed by atoms with E-state index in [9.17, 15) is 18.0 Å². The number of carbonyl (C=O) groups is 1. The summed E-state index contributed by atoms with van der Waals surface area (Å²) in [6.45, 7) is 2.55. The summed E-state index contributed by atoms with van der Waals surface area (Å²) in [6, 6.07) is 11.2. The average Bonchev–Trinajstić information content (AvgIpc) is 3.13. The van der Waals surface area contributed by atoms with E-state index in [1.54, 1.807) is 31.2 Å². The Bertz CT molecular complexity index is 796. The number of amides is 1. The molecule has 1 unspecified atom stereocenters. The normalized spacial score (nSPS) is 17.3. The molecule has 2 aromatic rings. The van der Waals surface area contributed by atoms with Crippen molar-refractivity contribution < 1.29 is 22.7 Å². The van der Waals surface area contributed by atoms with Crippen LogP contribution in [0.1, 0.15) is 29.5 Å². The average molecular weight is 363 g/mol. The number of alkyl halides is 3. The maximum Gasteiger partial charge on any atom is 0.416 e. The molecule has 0 bridgehead atoms. The first-order valence-corrected chi connectivity index (χ1v) is 8.50. The lowest BCUT2D eigenvalue weighted by atomic mass is 9.98. The number of aryl methyl sites for hydroxylation is 1. The van der Waals surface area contributed by atoms with E-state index in [4.69, 9.17) is 4.74 Å². The minimum Gasteiger partial charge on any atom is -0.368 e. The predicted octanol–water partition coefficient (Wildman–Crippen LogP) is 4.48. The number of hydrogen-bond donors (Lipinski definition) is 1. The van der Waals surface area contributed by atoms with Crippen molar-refractivity contribution in [3.05, 3.63) is 59.2 Å². The largest absolute Gasteiger partial charge is 0.416 e. The van der Waals surface area contributed by atoms with E-state index in [-0.39, 0.29) is 5.91 Å². The van der Waals surface area contributed by atoms with Crippen LogP contribution in [0.3, 0.4) is 0 Å². The van der Waals surface area contributed by atoms with Crippen molar-refractivity contribution in [1.29, 1.82) is 0 Å². The van der Waals surface area contributed by atoms with Crippen molar-refractivity contribution in [3.8, 4) is 11.1 Å². The predicted molar refractivity (Wildman–Crippen MR) is 92.4 cm³/mol. The lowest BCUT2D eigenvalue weighted by molar-refractivity contribution is -0.137. The second-order valence-electron chi connectivity index (χ2n) is 6.51. The number of halogens is 3. The van der Waals surface area contributed by atoms with Gasteiger partial charge in [0, 0.05) is 13.2 Å². The molecule has 1 saturated heterocycles. The summed E-state index contributed by atoms with van der Waals surface area (Å²) in [7, 11) is 0. The van der Waals surface area contributed by atoms with Crippen LogP contribution in [-0.2, 0) is 22.3 Å². The van der Waals surface area contributed by atoms with Gasteiger partial charge in [0.05, 0.1) is 5.56 Å². The fourth-order valence-electron chi connectivity index (χ4n) is 3.06. The molecule has 2 aromatic carbocycles. The van der Waals surface area contributed by atoms with Gasteiger partial charge in [-0.15, -0.1) is 0 Å². The van der Waals surface area contributed by atoms with Gasteiger partial charge in [-0.3, -0.25) is 4.79 Å². The highest BCUT2D eigenvalue weighted by molar-refractivity contribution is 5.81. The Labute approximate surface area is 150 Å². The van der Waals surface area contributed by atoms with Crippen LogP contribution in [0, 0.1) is 6.92 Å². The summed E-state index contributed by atoms with van der Waals surface area (Å²) in [5, 5.41) is 2.82. The van der Waals surface area contributed by atoms with E-state index in [1.807, 2.05) is 6.07 Å². The molecule has 1 heterocycles. The Morgan fingerprint density at radius 1 is 1.19 bits per heavy atom. The first kappa shape index (κ1) is 18.5. The first-order chi connectivity index (χ1) is 12.3. The zero-order valence-corrected chi connectivity index (χ0v) is 14.4. The molecule has 1 atom stereocenters. The van der Waals surface area contributed by atoms with E-state index >= 15 is 0 Å². The molecule has 1 fully saturated rings. The second kappa shape index (κ2) is 7.50. The molecule has 0 aromatic heterocycles. The maximum absolute atomic E-state index is 13.0. The van der Waals surface area contributed by atoms with Gasteiger partial charge in [0.1, 0.15) is 6.10 Å². The fraction of sp³-hybridized carbons (Fsp3) is 0.350. The van der Waals surface area contributed by atoms with Crippen LogP contribution in [0.4, 0.5) is 13.2 Å². The molecule has 0 aliphatic carbocycles. The van der Waals surface area contributed by atoms with Gasteiger partial charge in [0.15, 0.2) is 0 Å². The monoisotopic (exact) mass is 363 g/mol. The molecule has 1 N–H and O–H groups in total. The van der Waals surface area contributed by atoms with E-state index in [0.29, 0.717) is 29.8 Å². The minimum absolute atomic E-state index is 0.150. The van der Waals surface area contributed by atoms with Crippen LogP contribution in [-0.4, -0.2) is 18.6 Å². The molecule has 0 radical (unpaired) electrons. The van der Waals surface area contributed by atoms with Gasteiger partial charge in [-0.1, -0.05) is 24.3 Å². The molecule has 26 heavy (non-hydrogen) atoms.